The summed E-state index contributed by atoms with van der Waals surface area (Å²) < 4.78 is 5.66. The quantitative estimate of drug-likeness (QED) is 0.606. The highest BCUT2D eigenvalue weighted by Crippen LogP contribution is 1.92. The van der Waals surface area contributed by atoms with Crippen molar-refractivity contribution >= 4 is 5.97 Å². The van der Waals surface area contributed by atoms with E-state index in [9.17, 15) is 9.59 Å². The number of hydrogen-bond acceptors (Lipinski definition) is 4. The van der Waals surface area contributed by atoms with Crippen molar-refractivity contribution in [1.82, 2.24) is 9.78 Å². The second-order valence-electron chi connectivity index (χ2n) is 2.36. The largest absolute Gasteiger partial charge is 0.464 e. The van der Waals surface area contributed by atoms with Crippen LogP contribution in [0.5, 0.6) is 0 Å². The minimum Gasteiger partial charge on any atom is -0.464 e. The van der Waals surface area contributed by atoms with E-state index in [4.69, 9.17) is 0 Å². The summed E-state index contributed by atoms with van der Waals surface area (Å²) in [7, 11) is 1.27. The molecule has 70 valence electrons. The standard InChI is InChI=1S/C8H10N2O3/c1-3-10-7(11)5-4-6(9-10)8(12)13-2/h4-5H,3H2,1-2H3. The SMILES string of the molecule is CCn1nc(C(=O)OC)ccc1=O. The van der Waals surface area contributed by atoms with Gasteiger partial charge in [-0.05, 0) is 13.0 Å². The van der Waals surface area contributed by atoms with E-state index < -0.39 is 5.97 Å². The number of carbonyl (C=O) groups excluding carboxylic acids is 1. The fraction of sp³-hybridized carbons (Fsp3) is 0.375. The molecule has 1 heterocycles. The van der Waals surface area contributed by atoms with Gasteiger partial charge in [0.1, 0.15) is 0 Å². The second-order valence-corrected chi connectivity index (χ2v) is 2.36. The van der Waals surface area contributed by atoms with E-state index >= 15 is 0 Å². The monoisotopic (exact) mass is 182 g/mol. The first-order valence-corrected chi connectivity index (χ1v) is 3.85. The van der Waals surface area contributed by atoms with Crippen LogP contribution in [0.15, 0.2) is 16.9 Å². The van der Waals surface area contributed by atoms with Crippen LogP contribution in [0.1, 0.15) is 17.4 Å². The fourth-order valence-electron chi connectivity index (χ4n) is 0.889. The number of rotatable bonds is 2. The van der Waals surface area contributed by atoms with Crippen molar-refractivity contribution in [3.05, 3.63) is 28.2 Å². The molecule has 0 amide bonds. The molecule has 0 aliphatic carbocycles. The summed E-state index contributed by atoms with van der Waals surface area (Å²) >= 11 is 0. The zero-order chi connectivity index (χ0) is 9.84. The number of methoxy groups -OCH3 is 1. The Balaban J connectivity index is 3.13. The molecule has 0 bridgehead atoms. The molecule has 0 atom stereocenters. The van der Waals surface area contributed by atoms with Crippen LogP contribution >= 0.6 is 0 Å². The predicted molar refractivity (Wildman–Crippen MR) is 45.5 cm³/mol. The molecule has 0 radical (unpaired) electrons. The number of carbonyl (C=O) groups is 1. The molecule has 1 rings (SSSR count). The molecule has 0 saturated heterocycles. The summed E-state index contributed by atoms with van der Waals surface area (Å²) in [5.41, 5.74) is -0.0842. The predicted octanol–water partition coefficient (Wildman–Crippen LogP) is 0.0498. The van der Waals surface area contributed by atoms with E-state index in [0.29, 0.717) is 6.54 Å². The van der Waals surface area contributed by atoms with E-state index in [1.165, 1.54) is 23.9 Å². The highest BCUT2D eigenvalue weighted by molar-refractivity contribution is 5.86. The summed E-state index contributed by atoms with van der Waals surface area (Å²) in [5, 5.41) is 3.79. The lowest BCUT2D eigenvalue weighted by atomic mass is 10.4. The van der Waals surface area contributed by atoms with E-state index in [1.807, 2.05) is 0 Å². The number of ether oxygens (including phenoxy) is 1. The highest BCUT2D eigenvalue weighted by Gasteiger charge is 2.07. The van der Waals surface area contributed by atoms with Gasteiger partial charge in [-0.3, -0.25) is 4.79 Å². The summed E-state index contributed by atoms with van der Waals surface area (Å²) in [6.07, 6.45) is 0. The lowest BCUT2D eigenvalue weighted by Crippen LogP contribution is -2.23. The molecule has 0 saturated carbocycles. The number of aromatic nitrogens is 2. The van der Waals surface area contributed by atoms with Gasteiger partial charge in [-0.2, -0.15) is 5.10 Å². The maximum Gasteiger partial charge on any atom is 0.358 e. The van der Waals surface area contributed by atoms with E-state index in [2.05, 4.69) is 9.84 Å². The van der Waals surface area contributed by atoms with Crippen molar-refractivity contribution in [3.8, 4) is 0 Å². The smallest absolute Gasteiger partial charge is 0.358 e. The highest BCUT2D eigenvalue weighted by atomic mass is 16.5. The van der Waals surface area contributed by atoms with Gasteiger partial charge in [-0.25, -0.2) is 9.48 Å². The molecule has 0 N–H and O–H groups in total. The summed E-state index contributed by atoms with van der Waals surface area (Å²) in [6, 6.07) is 2.64. The molecule has 1 aromatic heterocycles. The summed E-state index contributed by atoms with van der Waals surface area (Å²) in [5.74, 6) is -0.540. The van der Waals surface area contributed by atoms with Gasteiger partial charge in [0.15, 0.2) is 5.69 Å². The van der Waals surface area contributed by atoms with Crippen molar-refractivity contribution in [2.75, 3.05) is 7.11 Å². The Morgan fingerprint density at radius 3 is 2.85 bits per heavy atom. The van der Waals surface area contributed by atoms with Gasteiger partial charge in [0.2, 0.25) is 0 Å². The molecule has 0 fully saturated rings. The van der Waals surface area contributed by atoms with E-state index in [0.717, 1.165) is 0 Å². The number of nitrogens with zero attached hydrogens (tertiary/aromatic N) is 2. The lowest BCUT2D eigenvalue weighted by molar-refractivity contribution is 0.0591. The van der Waals surface area contributed by atoms with Gasteiger partial charge in [-0.1, -0.05) is 0 Å². The van der Waals surface area contributed by atoms with Crippen LogP contribution in [-0.4, -0.2) is 22.9 Å². The molecular formula is C8H10N2O3. The third kappa shape index (κ3) is 1.93. The first-order valence-electron chi connectivity index (χ1n) is 3.85. The first kappa shape index (κ1) is 9.44. The van der Waals surface area contributed by atoms with Crippen molar-refractivity contribution in [3.63, 3.8) is 0 Å². The Morgan fingerprint density at radius 2 is 2.31 bits per heavy atom. The van der Waals surface area contributed by atoms with Crippen LogP contribution < -0.4 is 5.56 Å². The van der Waals surface area contributed by atoms with Crippen LogP contribution in [0.25, 0.3) is 0 Å². The first-order chi connectivity index (χ1) is 6.19. The topological polar surface area (TPSA) is 61.2 Å². The van der Waals surface area contributed by atoms with Crippen LogP contribution in [0.3, 0.4) is 0 Å². The third-order valence-corrected chi connectivity index (χ3v) is 1.56. The number of hydrogen-bond donors (Lipinski definition) is 0. The minimum atomic E-state index is -0.540. The molecule has 5 nitrogen and oxygen atoms in total. The zero-order valence-electron chi connectivity index (χ0n) is 7.48. The van der Waals surface area contributed by atoms with Gasteiger partial charge in [0, 0.05) is 12.6 Å². The zero-order valence-corrected chi connectivity index (χ0v) is 7.48. The average Bonchev–Trinajstić information content (AvgIpc) is 2.17. The van der Waals surface area contributed by atoms with Crippen LogP contribution in [0.2, 0.25) is 0 Å². The fourth-order valence-corrected chi connectivity index (χ4v) is 0.889. The molecule has 1 aromatic rings. The maximum absolute atomic E-state index is 11.1. The van der Waals surface area contributed by atoms with Gasteiger partial charge in [0.25, 0.3) is 5.56 Å². The molecule has 0 aliphatic rings. The Bertz CT molecular complexity index is 370. The number of esters is 1. The van der Waals surface area contributed by atoms with Gasteiger partial charge in [-0.15, -0.1) is 0 Å². The van der Waals surface area contributed by atoms with E-state index in [-0.39, 0.29) is 11.3 Å². The van der Waals surface area contributed by atoms with Crippen LogP contribution in [-0.2, 0) is 11.3 Å². The molecular weight excluding hydrogens is 172 g/mol. The molecule has 0 unspecified atom stereocenters. The number of aryl methyl sites for hydroxylation is 1. The van der Waals surface area contributed by atoms with Crippen molar-refractivity contribution in [2.45, 2.75) is 13.5 Å². The maximum atomic E-state index is 11.1. The average molecular weight is 182 g/mol. The second kappa shape index (κ2) is 3.84. The summed E-state index contributed by atoms with van der Waals surface area (Å²) in [4.78, 5) is 22.1. The van der Waals surface area contributed by atoms with Gasteiger partial charge < -0.3 is 4.74 Å². The summed E-state index contributed by atoms with van der Waals surface area (Å²) in [6.45, 7) is 2.21. The van der Waals surface area contributed by atoms with Crippen LogP contribution in [0, 0.1) is 0 Å². The minimum absolute atomic E-state index is 0.143. The molecule has 5 heteroatoms. The van der Waals surface area contributed by atoms with E-state index in [1.54, 1.807) is 6.92 Å². The van der Waals surface area contributed by atoms with Crippen molar-refractivity contribution in [2.24, 2.45) is 0 Å². The Kier molecular flexibility index (Phi) is 2.79. The Hall–Kier alpha value is -1.65. The normalized spacial score (nSPS) is 9.69. The Morgan fingerprint density at radius 1 is 1.62 bits per heavy atom. The molecule has 0 spiro atoms. The third-order valence-electron chi connectivity index (χ3n) is 1.56. The molecule has 13 heavy (non-hydrogen) atoms. The van der Waals surface area contributed by atoms with Gasteiger partial charge >= 0.3 is 5.97 Å². The Labute approximate surface area is 74.9 Å². The lowest BCUT2D eigenvalue weighted by Gasteiger charge is -2.01. The van der Waals surface area contributed by atoms with Crippen molar-refractivity contribution in [1.29, 1.82) is 0 Å². The van der Waals surface area contributed by atoms with Gasteiger partial charge in [0.05, 0.1) is 7.11 Å². The van der Waals surface area contributed by atoms with Crippen molar-refractivity contribution < 1.29 is 9.53 Å². The molecule has 0 aliphatic heterocycles. The molecule has 0 aromatic carbocycles. The van der Waals surface area contributed by atoms with Crippen LogP contribution in [0.4, 0.5) is 0 Å².